The van der Waals surface area contributed by atoms with Crippen LogP contribution < -0.4 is 0 Å². The molecule has 2 rings (SSSR count). The maximum Gasteiger partial charge on any atom is 0.232 e. The zero-order chi connectivity index (χ0) is 10.7. The van der Waals surface area contributed by atoms with E-state index in [4.69, 9.17) is 14.7 Å². The molecule has 0 radical (unpaired) electrons. The second-order valence-electron chi connectivity index (χ2n) is 3.31. The second-order valence-corrected chi connectivity index (χ2v) is 3.31. The molecule has 1 aromatic heterocycles. The summed E-state index contributed by atoms with van der Waals surface area (Å²) in [5, 5.41) is 8.70. The summed E-state index contributed by atoms with van der Waals surface area (Å²) >= 11 is 0. The summed E-state index contributed by atoms with van der Waals surface area (Å²) in [7, 11) is 0. The van der Waals surface area contributed by atoms with Crippen LogP contribution in [-0.4, -0.2) is 29.8 Å². The molecule has 0 aliphatic carbocycles. The molecule has 0 spiro atoms. The fraction of sp³-hybridized carbons (Fsp3) is 0.500. The van der Waals surface area contributed by atoms with Gasteiger partial charge in [-0.1, -0.05) is 0 Å². The highest BCUT2D eigenvalue weighted by Crippen LogP contribution is 2.21. The van der Waals surface area contributed by atoms with Crippen molar-refractivity contribution in [1.29, 1.82) is 5.26 Å². The first-order chi connectivity index (χ1) is 7.31. The van der Waals surface area contributed by atoms with Gasteiger partial charge in [-0.3, -0.25) is 0 Å². The van der Waals surface area contributed by atoms with Crippen molar-refractivity contribution in [1.82, 2.24) is 9.97 Å². The van der Waals surface area contributed by atoms with Gasteiger partial charge in [0.15, 0.2) is 0 Å². The molecule has 0 amide bonds. The van der Waals surface area contributed by atoms with Crippen molar-refractivity contribution >= 4 is 0 Å². The number of hydrogen-bond acceptors (Lipinski definition) is 5. The highest BCUT2D eigenvalue weighted by molar-refractivity contribution is 5.22. The monoisotopic (exact) mass is 205 g/mol. The third kappa shape index (κ3) is 2.12. The summed E-state index contributed by atoms with van der Waals surface area (Å²) in [6, 6.07) is 1.92. The smallest absolute Gasteiger partial charge is 0.232 e. The Morgan fingerprint density at radius 2 is 2.40 bits per heavy atom. The minimum absolute atomic E-state index is 0.171. The molecule has 1 aliphatic heterocycles. The molecule has 0 bridgehead atoms. The van der Waals surface area contributed by atoms with Crippen molar-refractivity contribution in [3.63, 3.8) is 0 Å². The molecule has 1 aromatic rings. The summed E-state index contributed by atoms with van der Waals surface area (Å²) in [6.45, 7) is 3.57. The Hall–Kier alpha value is -1.51. The average Bonchev–Trinajstić information content (AvgIpc) is 2.31. The number of hydrogen-bond donors (Lipinski definition) is 0. The first-order valence-electron chi connectivity index (χ1n) is 4.74. The molecular weight excluding hydrogens is 194 g/mol. The Balaban J connectivity index is 2.29. The quantitative estimate of drug-likeness (QED) is 0.676. The Bertz CT molecular complexity index is 394. The lowest BCUT2D eigenvalue weighted by atomic mass is 10.1. The van der Waals surface area contributed by atoms with Crippen LogP contribution in [0.25, 0.3) is 0 Å². The molecule has 1 fully saturated rings. The molecule has 5 nitrogen and oxygen atoms in total. The van der Waals surface area contributed by atoms with Gasteiger partial charge in [-0.05, 0) is 12.5 Å². The summed E-state index contributed by atoms with van der Waals surface area (Å²) in [5.41, 5.74) is 1.67. The highest BCUT2D eigenvalue weighted by Gasteiger charge is 2.20. The summed E-state index contributed by atoms with van der Waals surface area (Å²) in [4.78, 5) is 8.02. The predicted octanol–water partition coefficient (Wildman–Crippen LogP) is 0.745. The van der Waals surface area contributed by atoms with Crippen molar-refractivity contribution in [3.05, 3.63) is 23.3 Å². The van der Waals surface area contributed by atoms with Gasteiger partial charge in [-0.15, -0.1) is 0 Å². The van der Waals surface area contributed by atoms with Crippen molar-refractivity contribution in [3.8, 4) is 6.07 Å². The van der Waals surface area contributed by atoms with Gasteiger partial charge in [0.2, 0.25) is 5.82 Å². The van der Waals surface area contributed by atoms with Crippen molar-refractivity contribution in [2.24, 2.45) is 0 Å². The lowest BCUT2D eigenvalue weighted by Crippen LogP contribution is -2.23. The van der Waals surface area contributed by atoms with Gasteiger partial charge in [0, 0.05) is 6.20 Å². The molecule has 5 heteroatoms. The van der Waals surface area contributed by atoms with E-state index in [-0.39, 0.29) is 11.9 Å². The summed E-state index contributed by atoms with van der Waals surface area (Å²) < 4.78 is 10.8. The fourth-order valence-corrected chi connectivity index (χ4v) is 1.48. The highest BCUT2D eigenvalue weighted by atomic mass is 16.6. The van der Waals surface area contributed by atoms with E-state index in [0.717, 1.165) is 11.3 Å². The zero-order valence-electron chi connectivity index (χ0n) is 8.43. The van der Waals surface area contributed by atoms with Gasteiger partial charge in [0.25, 0.3) is 0 Å². The predicted molar refractivity (Wildman–Crippen MR) is 51.0 cm³/mol. The lowest BCUT2D eigenvalue weighted by Gasteiger charge is -2.23. The van der Waals surface area contributed by atoms with Crippen LogP contribution in [0, 0.1) is 18.3 Å². The van der Waals surface area contributed by atoms with E-state index in [1.54, 1.807) is 6.20 Å². The summed E-state index contributed by atoms with van der Waals surface area (Å²) in [6.07, 6.45) is 1.47. The maximum atomic E-state index is 8.70. The molecule has 15 heavy (non-hydrogen) atoms. The zero-order valence-corrected chi connectivity index (χ0v) is 8.43. The van der Waals surface area contributed by atoms with Gasteiger partial charge in [-0.25, -0.2) is 9.97 Å². The lowest BCUT2D eigenvalue weighted by molar-refractivity contribution is -0.0920. The van der Waals surface area contributed by atoms with Gasteiger partial charge >= 0.3 is 0 Å². The third-order valence-electron chi connectivity index (χ3n) is 2.23. The first-order valence-corrected chi connectivity index (χ1v) is 4.74. The molecule has 1 aliphatic rings. The van der Waals surface area contributed by atoms with Gasteiger partial charge in [0.05, 0.1) is 25.5 Å². The molecule has 1 atom stereocenters. The Morgan fingerprint density at radius 1 is 1.53 bits per heavy atom. The Morgan fingerprint density at radius 3 is 3.07 bits per heavy atom. The van der Waals surface area contributed by atoms with Crippen LogP contribution in [0.2, 0.25) is 0 Å². The Kier molecular flexibility index (Phi) is 2.90. The standard InChI is InChI=1S/C10H11N3O2/c1-7-5-12-9(4-11)13-10(7)8-6-14-2-3-15-8/h5,8H,2-3,6H2,1H3. The van der Waals surface area contributed by atoms with Crippen LogP contribution in [0.1, 0.15) is 23.2 Å². The van der Waals surface area contributed by atoms with E-state index in [1.807, 2.05) is 13.0 Å². The molecular formula is C10H11N3O2. The van der Waals surface area contributed by atoms with Crippen molar-refractivity contribution in [2.45, 2.75) is 13.0 Å². The fourth-order valence-electron chi connectivity index (χ4n) is 1.48. The maximum absolute atomic E-state index is 8.70. The van der Waals surface area contributed by atoms with E-state index in [9.17, 15) is 0 Å². The number of aromatic nitrogens is 2. The van der Waals surface area contributed by atoms with Crippen molar-refractivity contribution in [2.75, 3.05) is 19.8 Å². The van der Waals surface area contributed by atoms with Crippen molar-refractivity contribution < 1.29 is 9.47 Å². The first kappa shape index (κ1) is 10.0. The average molecular weight is 205 g/mol. The normalized spacial score (nSPS) is 20.9. The third-order valence-corrected chi connectivity index (χ3v) is 2.23. The molecule has 0 N–H and O–H groups in total. The second kappa shape index (κ2) is 4.34. The van der Waals surface area contributed by atoms with Crippen LogP contribution in [0.4, 0.5) is 0 Å². The van der Waals surface area contributed by atoms with Crippen LogP contribution in [0.5, 0.6) is 0 Å². The van der Waals surface area contributed by atoms with Crippen LogP contribution in [-0.2, 0) is 9.47 Å². The summed E-state index contributed by atoms with van der Waals surface area (Å²) in [5.74, 6) is 0.171. The van der Waals surface area contributed by atoms with E-state index in [2.05, 4.69) is 9.97 Å². The minimum atomic E-state index is -0.172. The topological polar surface area (TPSA) is 68.0 Å². The Labute approximate surface area is 87.7 Å². The molecule has 78 valence electrons. The van der Waals surface area contributed by atoms with E-state index >= 15 is 0 Å². The molecule has 1 saturated heterocycles. The van der Waals surface area contributed by atoms with Gasteiger partial charge in [0.1, 0.15) is 12.2 Å². The van der Waals surface area contributed by atoms with Gasteiger partial charge < -0.3 is 9.47 Å². The SMILES string of the molecule is Cc1cnc(C#N)nc1C1COCCO1. The minimum Gasteiger partial charge on any atom is -0.376 e. The molecule has 0 saturated carbocycles. The molecule has 1 unspecified atom stereocenters. The van der Waals surface area contributed by atoms with E-state index in [1.165, 1.54) is 0 Å². The van der Waals surface area contributed by atoms with Crippen LogP contribution in [0.15, 0.2) is 6.20 Å². The van der Waals surface area contributed by atoms with Crippen LogP contribution >= 0.6 is 0 Å². The number of rotatable bonds is 1. The number of nitrogens with zero attached hydrogens (tertiary/aromatic N) is 3. The number of ether oxygens (including phenoxy) is 2. The molecule has 0 aromatic carbocycles. The largest absolute Gasteiger partial charge is 0.376 e. The number of nitriles is 1. The van der Waals surface area contributed by atoms with E-state index < -0.39 is 0 Å². The molecule has 2 heterocycles. The van der Waals surface area contributed by atoms with Crippen LogP contribution in [0.3, 0.4) is 0 Å². The van der Waals surface area contributed by atoms with E-state index in [0.29, 0.717) is 19.8 Å². The number of aryl methyl sites for hydroxylation is 1. The van der Waals surface area contributed by atoms with Gasteiger partial charge in [-0.2, -0.15) is 5.26 Å².